The van der Waals surface area contributed by atoms with E-state index >= 15 is 0 Å². The first kappa shape index (κ1) is 17.3. The molecule has 0 aromatic heterocycles. The van der Waals surface area contributed by atoms with Crippen molar-refractivity contribution in [3.05, 3.63) is 29.8 Å². The Balaban J connectivity index is 1.94. The summed E-state index contributed by atoms with van der Waals surface area (Å²) in [6.07, 6.45) is 1.32. The quantitative estimate of drug-likeness (QED) is 0.779. The molecule has 5 nitrogen and oxygen atoms in total. The maximum atomic E-state index is 11.9. The first-order chi connectivity index (χ1) is 10.7. The molecule has 1 amide bonds. The van der Waals surface area contributed by atoms with Gasteiger partial charge in [-0.05, 0) is 36.0 Å². The minimum Gasteiger partial charge on any atom is -0.462 e. The van der Waals surface area contributed by atoms with Crippen molar-refractivity contribution in [2.45, 2.75) is 46.6 Å². The van der Waals surface area contributed by atoms with Gasteiger partial charge in [-0.3, -0.25) is 9.69 Å². The molecule has 2 rings (SSSR count). The van der Waals surface area contributed by atoms with Crippen LogP contribution in [0.2, 0.25) is 0 Å². The molecule has 5 heteroatoms. The first-order valence-corrected chi connectivity index (χ1v) is 7.95. The van der Waals surface area contributed by atoms with Crippen LogP contribution in [0.3, 0.4) is 0 Å². The second-order valence-corrected chi connectivity index (χ2v) is 7.15. The molecule has 0 N–H and O–H groups in total. The van der Waals surface area contributed by atoms with Crippen molar-refractivity contribution in [1.29, 1.82) is 0 Å². The van der Waals surface area contributed by atoms with Crippen LogP contribution in [-0.2, 0) is 20.7 Å². The minimum atomic E-state index is -0.410. The average Bonchev–Trinajstić information content (AvgIpc) is 2.84. The summed E-state index contributed by atoms with van der Waals surface area (Å²) in [6, 6.07) is 7.97. The SMILES string of the molecule is CC(=O)OC[C@@H]1CN(c2ccc(CCC(C)(C)C)cc2)C(=O)O1. The monoisotopic (exact) mass is 319 g/mol. The van der Waals surface area contributed by atoms with Crippen molar-refractivity contribution in [2.24, 2.45) is 5.41 Å². The molecule has 1 aromatic rings. The van der Waals surface area contributed by atoms with Crippen molar-refractivity contribution in [3.8, 4) is 0 Å². The maximum absolute atomic E-state index is 11.9. The smallest absolute Gasteiger partial charge is 0.414 e. The summed E-state index contributed by atoms with van der Waals surface area (Å²) in [4.78, 5) is 24.3. The molecule has 1 aromatic carbocycles. The Labute approximate surface area is 137 Å². The number of rotatable bonds is 5. The highest BCUT2D eigenvalue weighted by molar-refractivity contribution is 5.89. The van der Waals surface area contributed by atoms with Crippen molar-refractivity contribution >= 4 is 17.7 Å². The fourth-order valence-corrected chi connectivity index (χ4v) is 2.39. The zero-order valence-electron chi connectivity index (χ0n) is 14.3. The highest BCUT2D eigenvalue weighted by atomic mass is 16.6. The summed E-state index contributed by atoms with van der Waals surface area (Å²) in [5.41, 5.74) is 2.37. The van der Waals surface area contributed by atoms with Gasteiger partial charge < -0.3 is 9.47 Å². The van der Waals surface area contributed by atoms with Crippen LogP contribution >= 0.6 is 0 Å². The van der Waals surface area contributed by atoms with Crippen molar-refractivity contribution in [1.82, 2.24) is 0 Å². The molecular formula is C18H25NO4. The Morgan fingerprint density at radius 3 is 2.52 bits per heavy atom. The number of carbonyl (C=O) groups excluding carboxylic acids is 2. The second kappa shape index (κ2) is 7.02. The fourth-order valence-electron chi connectivity index (χ4n) is 2.39. The molecule has 1 fully saturated rings. The van der Waals surface area contributed by atoms with Crippen molar-refractivity contribution in [2.75, 3.05) is 18.1 Å². The zero-order chi connectivity index (χ0) is 17.0. The van der Waals surface area contributed by atoms with Gasteiger partial charge in [0.1, 0.15) is 6.61 Å². The summed E-state index contributed by atoms with van der Waals surface area (Å²) in [5.74, 6) is -0.372. The van der Waals surface area contributed by atoms with Gasteiger partial charge in [0.05, 0.1) is 6.54 Å². The number of esters is 1. The standard InChI is InChI=1S/C18H25NO4/c1-13(20)22-12-16-11-19(17(21)23-16)15-7-5-14(6-8-15)9-10-18(2,3)4/h5-8,16H,9-12H2,1-4H3/t16-/m0/s1. The topological polar surface area (TPSA) is 55.8 Å². The first-order valence-electron chi connectivity index (χ1n) is 7.95. The van der Waals surface area contributed by atoms with E-state index in [0.29, 0.717) is 12.0 Å². The molecule has 1 atom stereocenters. The molecule has 126 valence electrons. The number of nitrogens with zero attached hydrogens (tertiary/aromatic N) is 1. The van der Waals surface area contributed by atoms with Gasteiger partial charge in [0.15, 0.2) is 6.10 Å². The molecule has 23 heavy (non-hydrogen) atoms. The van der Waals surface area contributed by atoms with Crippen LogP contribution in [0.15, 0.2) is 24.3 Å². The predicted octanol–water partition coefficient (Wildman–Crippen LogP) is 3.55. The summed E-state index contributed by atoms with van der Waals surface area (Å²) < 4.78 is 10.1. The lowest BCUT2D eigenvalue weighted by atomic mass is 9.89. The number of hydrogen-bond acceptors (Lipinski definition) is 4. The van der Waals surface area contributed by atoms with E-state index in [-0.39, 0.29) is 12.6 Å². The van der Waals surface area contributed by atoms with Crippen LogP contribution in [0.5, 0.6) is 0 Å². The van der Waals surface area contributed by atoms with Gasteiger partial charge in [0.25, 0.3) is 0 Å². The number of amides is 1. The molecule has 1 heterocycles. The van der Waals surface area contributed by atoms with E-state index in [4.69, 9.17) is 9.47 Å². The molecule has 0 radical (unpaired) electrons. The third-order valence-corrected chi connectivity index (χ3v) is 3.76. The molecular weight excluding hydrogens is 294 g/mol. The lowest BCUT2D eigenvalue weighted by Gasteiger charge is -2.18. The Hall–Kier alpha value is -2.04. The lowest BCUT2D eigenvalue weighted by Crippen LogP contribution is -2.26. The van der Waals surface area contributed by atoms with Crippen LogP contribution in [0, 0.1) is 5.41 Å². The summed E-state index contributed by atoms with van der Waals surface area (Å²) in [5, 5.41) is 0. The van der Waals surface area contributed by atoms with E-state index in [2.05, 4.69) is 20.8 Å². The summed E-state index contributed by atoms with van der Waals surface area (Å²) >= 11 is 0. The fraction of sp³-hybridized carbons (Fsp3) is 0.556. The molecule has 1 saturated heterocycles. The van der Waals surface area contributed by atoms with Gasteiger partial charge >= 0.3 is 12.1 Å². The van der Waals surface area contributed by atoms with E-state index in [0.717, 1.165) is 18.5 Å². The summed E-state index contributed by atoms with van der Waals surface area (Å²) in [6.45, 7) is 8.51. The molecule has 0 unspecified atom stereocenters. The lowest BCUT2D eigenvalue weighted by molar-refractivity contribution is -0.143. The number of aryl methyl sites for hydroxylation is 1. The van der Waals surface area contributed by atoms with Crippen molar-refractivity contribution in [3.63, 3.8) is 0 Å². The third-order valence-electron chi connectivity index (χ3n) is 3.76. The minimum absolute atomic E-state index is 0.0985. The number of hydrogen-bond donors (Lipinski definition) is 0. The largest absolute Gasteiger partial charge is 0.462 e. The van der Waals surface area contributed by atoms with E-state index in [1.54, 1.807) is 4.90 Å². The Morgan fingerprint density at radius 1 is 1.30 bits per heavy atom. The maximum Gasteiger partial charge on any atom is 0.414 e. The molecule has 0 bridgehead atoms. The predicted molar refractivity (Wildman–Crippen MR) is 88.5 cm³/mol. The van der Waals surface area contributed by atoms with Gasteiger partial charge in [-0.25, -0.2) is 4.79 Å². The van der Waals surface area contributed by atoms with Crippen LogP contribution < -0.4 is 4.90 Å². The van der Waals surface area contributed by atoms with Crippen LogP contribution in [0.25, 0.3) is 0 Å². The summed E-state index contributed by atoms with van der Waals surface area (Å²) in [7, 11) is 0. The Kier molecular flexibility index (Phi) is 5.29. The van der Waals surface area contributed by atoms with Crippen molar-refractivity contribution < 1.29 is 19.1 Å². The van der Waals surface area contributed by atoms with Gasteiger partial charge in [-0.1, -0.05) is 32.9 Å². The van der Waals surface area contributed by atoms with Gasteiger partial charge in [0.2, 0.25) is 0 Å². The van der Waals surface area contributed by atoms with E-state index in [1.807, 2.05) is 24.3 Å². The van der Waals surface area contributed by atoms with Crippen LogP contribution in [-0.4, -0.2) is 31.3 Å². The third kappa shape index (κ3) is 5.27. The number of cyclic esters (lactones) is 1. The van der Waals surface area contributed by atoms with E-state index < -0.39 is 12.2 Å². The Morgan fingerprint density at radius 2 is 1.96 bits per heavy atom. The molecule has 0 saturated carbocycles. The number of ether oxygens (including phenoxy) is 2. The highest BCUT2D eigenvalue weighted by Crippen LogP contribution is 2.25. The number of carbonyl (C=O) groups is 2. The normalized spacial score (nSPS) is 18.0. The van der Waals surface area contributed by atoms with Gasteiger partial charge in [-0.15, -0.1) is 0 Å². The molecule has 1 aliphatic rings. The number of anilines is 1. The Bertz CT molecular complexity index is 559. The van der Waals surface area contributed by atoms with E-state index in [1.165, 1.54) is 12.5 Å². The average molecular weight is 319 g/mol. The zero-order valence-corrected chi connectivity index (χ0v) is 14.3. The van der Waals surface area contributed by atoms with Crippen LogP contribution in [0.1, 0.15) is 39.7 Å². The van der Waals surface area contributed by atoms with Gasteiger partial charge in [0, 0.05) is 12.6 Å². The van der Waals surface area contributed by atoms with Crippen LogP contribution in [0.4, 0.5) is 10.5 Å². The molecule has 1 aliphatic heterocycles. The van der Waals surface area contributed by atoms with E-state index in [9.17, 15) is 9.59 Å². The second-order valence-electron chi connectivity index (χ2n) is 7.15. The molecule has 0 spiro atoms. The highest BCUT2D eigenvalue weighted by Gasteiger charge is 2.32. The molecule has 0 aliphatic carbocycles. The van der Waals surface area contributed by atoms with Gasteiger partial charge in [-0.2, -0.15) is 0 Å². The number of benzene rings is 1.